The van der Waals surface area contributed by atoms with E-state index >= 15 is 0 Å². The predicted octanol–water partition coefficient (Wildman–Crippen LogP) is -1.70. The number of aliphatic carboxylic acids is 4. The third-order valence-corrected chi connectivity index (χ3v) is 10.1. The molecule has 4 rings (SSSR count). The molecule has 0 heterocycles. The number of carbonyl (C=O) groups is 4. The van der Waals surface area contributed by atoms with E-state index in [0.29, 0.717) is 0 Å². The summed E-state index contributed by atoms with van der Waals surface area (Å²) in [5.74, 6) is -6.46. The van der Waals surface area contributed by atoms with Gasteiger partial charge in [-0.05, 0) is 48.5 Å². The van der Waals surface area contributed by atoms with Crippen LogP contribution in [0.25, 0.3) is 0 Å². The fourth-order valence-electron chi connectivity index (χ4n) is 4.19. The Labute approximate surface area is 308 Å². The SMILES string of the molecule is ClCCl.O=C([O-])CN([O-])CC(=O)[O-].O=C([O-])CN([O-])CC(=O)[O-].[Mo].c1ccc([P+](c2ccccc2)(c2ccccc2)c2ccccc2)cc1. The number of halogens is 2. The summed E-state index contributed by atoms with van der Waals surface area (Å²) in [5.41, 5.74) is 0. The van der Waals surface area contributed by atoms with E-state index in [0.717, 1.165) is 0 Å². The van der Waals surface area contributed by atoms with Crippen LogP contribution in [-0.2, 0) is 40.2 Å². The molecule has 0 unspecified atom stereocenters. The van der Waals surface area contributed by atoms with Gasteiger partial charge < -0.3 is 60.1 Å². The van der Waals surface area contributed by atoms with E-state index in [1.54, 1.807) is 0 Å². The van der Waals surface area contributed by atoms with Gasteiger partial charge in [0.25, 0.3) is 0 Å². The van der Waals surface area contributed by atoms with Gasteiger partial charge in [-0.2, -0.15) is 0 Å². The minimum absolute atomic E-state index is 0. The van der Waals surface area contributed by atoms with Crippen molar-refractivity contribution >= 4 is 75.6 Å². The Balaban J connectivity index is 0.000000802. The van der Waals surface area contributed by atoms with E-state index in [4.69, 9.17) is 23.2 Å². The molecule has 0 aliphatic carbocycles. The number of carboxylic acids is 4. The number of hydrogen-bond acceptors (Lipinski definition) is 12. The average molecular weight is 812 g/mol. The molecule has 0 aromatic heterocycles. The number of alkyl halides is 2. The van der Waals surface area contributed by atoms with E-state index in [-0.39, 0.29) is 36.5 Å². The summed E-state index contributed by atoms with van der Waals surface area (Å²) in [7, 11) is -1.91. The molecule has 0 bridgehead atoms. The Kier molecular flexibility index (Phi) is 23.4. The molecular weight excluding hydrogens is 782 g/mol. The van der Waals surface area contributed by atoms with Crippen molar-refractivity contribution in [3.8, 4) is 0 Å². The molecule has 16 heteroatoms. The fourth-order valence-corrected chi connectivity index (χ4v) is 8.45. The maximum atomic E-state index is 10.1. The van der Waals surface area contributed by atoms with Crippen LogP contribution in [-0.4, -0.2) is 65.5 Å². The van der Waals surface area contributed by atoms with Crippen LogP contribution < -0.4 is 41.6 Å². The number of rotatable bonds is 12. The molecule has 49 heavy (non-hydrogen) atoms. The monoisotopic (exact) mass is 813 g/mol. The van der Waals surface area contributed by atoms with Crippen molar-refractivity contribution in [1.82, 2.24) is 10.1 Å². The summed E-state index contributed by atoms with van der Waals surface area (Å²) in [6, 6.07) is 43.8. The first-order chi connectivity index (χ1) is 22.9. The predicted molar refractivity (Wildman–Crippen MR) is 178 cm³/mol. The third-order valence-electron chi connectivity index (χ3n) is 5.80. The van der Waals surface area contributed by atoms with E-state index < -0.39 is 57.3 Å². The third kappa shape index (κ3) is 17.0. The zero-order chi connectivity index (χ0) is 36.0. The molecule has 0 N–H and O–H groups in total. The first kappa shape index (κ1) is 45.3. The van der Waals surface area contributed by atoms with Crippen molar-refractivity contribution in [3.63, 3.8) is 0 Å². The van der Waals surface area contributed by atoms with Crippen molar-refractivity contribution in [3.05, 3.63) is 132 Å². The van der Waals surface area contributed by atoms with Crippen LogP contribution >= 0.6 is 30.5 Å². The minimum Gasteiger partial charge on any atom is -0.785 e. The van der Waals surface area contributed by atoms with Crippen LogP contribution in [0.1, 0.15) is 0 Å². The average Bonchev–Trinajstić information content (AvgIpc) is 3.03. The second-order valence-corrected chi connectivity index (χ2v) is 13.4. The van der Waals surface area contributed by atoms with Crippen LogP contribution in [0.15, 0.2) is 121 Å². The van der Waals surface area contributed by atoms with Crippen LogP contribution in [0, 0.1) is 10.4 Å². The van der Waals surface area contributed by atoms with Gasteiger partial charge in [0.2, 0.25) is 0 Å². The van der Waals surface area contributed by atoms with Crippen molar-refractivity contribution in [2.75, 3.05) is 31.5 Å². The summed E-state index contributed by atoms with van der Waals surface area (Å²) in [5, 5.41) is 64.2. The molecule has 262 valence electrons. The van der Waals surface area contributed by atoms with Gasteiger partial charge in [0.05, 0.1) is 29.2 Å². The van der Waals surface area contributed by atoms with Crippen molar-refractivity contribution < 1.29 is 60.7 Å². The topological polar surface area (TPSA) is 213 Å². The Morgan fingerprint density at radius 1 is 0.449 bits per heavy atom. The zero-order valence-corrected chi connectivity index (χ0v) is 30.1. The van der Waals surface area contributed by atoms with Gasteiger partial charge in [-0.3, -0.25) is 0 Å². The maximum Gasteiger partial charge on any atom is 0.144 e. The number of hydrogen-bond donors (Lipinski definition) is 0. The first-order valence-electron chi connectivity index (χ1n) is 13.7. The summed E-state index contributed by atoms with van der Waals surface area (Å²) >= 11 is 9.53. The second-order valence-electron chi connectivity index (χ2n) is 9.20. The molecule has 0 spiro atoms. The van der Waals surface area contributed by atoms with Crippen molar-refractivity contribution in [2.45, 2.75) is 0 Å². The molecule has 0 aliphatic rings. The van der Waals surface area contributed by atoms with Gasteiger partial charge in [-0.25, -0.2) is 0 Å². The second kappa shape index (κ2) is 25.3. The number of nitrogens with zero attached hydrogens (tertiary/aromatic N) is 2. The molecule has 4 aromatic rings. The molecule has 0 atom stereocenters. The molecule has 4 aromatic carbocycles. The van der Waals surface area contributed by atoms with E-state index in [2.05, 4.69) is 121 Å². The summed E-state index contributed by atoms with van der Waals surface area (Å²) in [6.45, 7) is -3.80. The molecule has 0 radical (unpaired) electrons. The van der Waals surface area contributed by atoms with E-state index in [1.807, 2.05) is 0 Å². The number of carboxylic acid groups (broad SMARTS) is 4. The number of carbonyl (C=O) groups excluding carboxylic acids is 4. The molecule has 0 amide bonds. The normalized spacial score (nSPS) is 10.1. The van der Waals surface area contributed by atoms with Crippen LogP contribution in [0.5, 0.6) is 0 Å². The Morgan fingerprint density at radius 3 is 0.755 bits per heavy atom. The van der Waals surface area contributed by atoms with E-state index in [1.165, 1.54) is 21.2 Å². The van der Waals surface area contributed by atoms with Gasteiger partial charge in [0.1, 0.15) is 28.5 Å². The standard InChI is InChI=1S/C24H20P.2C4H6NO5.CH2Cl2.Mo/c1-5-13-21(14-6-1)25(22-15-7-2-8-16-22,23-17-9-3-10-18-23)24-19-11-4-12-20-24;2*6-3(7)1-5(10)2-4(8)9;2-1-3;/h1-20H;2*1-2H2,(H,6,7)(H,8,9);1H2;/q+1;2*-1;;/p-4. The molecule has 0 saturated heterocycles. The van der Waals surface area contributed by atoms with Gasteiger partial charge >= 0.3 is 0 Å². The summed E-state index contributed by atoms with van der Waals surface area (Å²) < 4.78 is 0. The van der Waals surface area contributed by atoms with Crippen LogP contribution in [0.4, 0.5) is 0 Å². The van der Waals surface area contributed by atoms with Gasteiger partial charge in [-0.15, -0.1) is 23.2 Å². The molecule has 0 aliphatic heterocycles. The Morgan fingerprint density at radius 2 is 0.612 bits per heavy atom. The van der Waals surface area contributed by atoms with Crippen molar-refractivity contribution in [2.24, 2.45) is 0 Å². The number of benzene rings is 4. The molecule has 12 nitrogen and oxygen atoms in total. The number of hydroxylamine groups is 4. The summed E-state index contributed by atoms with van der Waals surface area (Å²) in [4.78, 5) is 38.5. The van der Waals surface area contributed by atoms with Gasteiger partial charge in [-0.1, -0.05) is 72.8 Å². The smallest absolute Gasteiger partial charge is 0.144 e. The van der Waals surface area contributed by atoms with Crippen LogP contribution in [0.2, 0.25) is 0 Å². The fraction of sp³-hybridized carbons (Fsp3) is 0.152. The van der Waals surface area contributed by atoms with Crippen molar-refractivity contribution in [1.29, 1.82) is 0 Å². The zero-order valence-electron chi connectivity index (χ0n) is 25.7. The quantitative estimate of drug-likeness (QED) is 0.0678. The van der Waals surface area contributed by atoms with Gasteiger partial charge in [0.15, 0.2) is 0 Å². The maximum absolute atomic E-state index is 10.1. The van der Waals surface area contributed by atoms with Gasteiger partial charge in [0, 0.05) is 47.2 Å². The van der Waals surface area contributed by atoms with Crippen LogP contribution in [0.3, 0.4) is 0 Å². The van der Waals surface area contributed by atoms with E-state index in [9.17, 15) is 50.0 Å². The summed E-state index contributed by atoms with van der Waals surface area (Å²) in [6.07, 6.45) is 0. The largest absolute Gasteiger partial charge is 0.785 e. The molecule has 0 saturated carbocycles. The molecule has 0 fully saturated rings. The first-order valence-corrected chi connectivity index (χ1v) is 16.6. The Bertz CT molecular complexity index is 1300. The Hall–Kier alpha value is -3.70. The molecular formula is C33H30Cl2MoN2O10P-5. The minimum atomic E-state index is -1.91.